The molecule has 3 N–H and O–H groups in total. The van der Waals surface area contributed by atoms with Crippen LogP contribution in [0.1, 0.15) is 102 Å². The molecule has 6 aliphatic rings. The van der Waals surface area contributed by atoms with Crippen LogP contribution in [0.15, 0.2) is 36.4 Å². The molecule has 308 valence electrons. The number of carbonyl (C=O) groups is 4. The van der Waals surface area contributed by atoms with Crippen LogP contribution in [0.4, 0.5) is 4.79 Å². The number of nitrogens with one attached hydrogen (secondary N) is 3. The van der Waals surface area contributed by atoms with Gasteiger partial charge in [0.25, 0.3) is 5.91 Å². The molecule has 4 amide bonds. The van der Waals surface area contributed by atoms with E-state index in [1.807, 2.05) is 50.4 Å². The number of hydrogen-bond acceptors (Lipinski definition) is 10. The van der Waals surface area contributed by atoms with Gasteiger partial charge in [0.2, 0.25) is 21.8 Å². The van der Waals surface area contributed by atoms with Gasteiger partial charge in [-0.1, -0.05) is 43.2 Å². The first kappa shape index (κ1) is 39.6. The smallest absolute Gasteiger partial charge is 0.408 e. The van der Waals surface area contributed by atoms with Gasteiger partial charge in [0.1, 0.15) is 35.1 Å². The zero-order chi connectivity index (χ0) is 40.2. The number of nitrogens with zero attached hydrogens (tertiary/aromatic N) is 3. The molecule has 5 heterocycles. The average Bonchev–Trinajstić information content (AvgIpc) is 3.84. The van der Waals surface area contributed by atoms with Gasteiger partial charge in [-0.05, 0) is 97.6 Å². The fraction of sp³-hybridized carbons (Fsp3) is 0.643. The normalized spacial score (nSPS) is 30.7. The maximum Gasteiger partial charge on any atom is 0.408 e. The number of hydrogen-bond donors (Lipinski definition) is 3. The highest BCUT2D eigenvalue weighted by Crippen LogP contribution is 2.47. The zero-order valence-corrected chi connectivity index (χ0v) is 34.1. The van der Waals surface area contributed by atoms with Crippen molar-refractivity contribution in [3.8, 4) is 5.75 Å². The van der Waals surface area contributed by atoms with Crippen molar-refractivity contribution in [3.05, 3.63) is 47.7 Å². The van der Waals surface area contributed by atoms with Crippen LogP contribution < -0.4 is 20.1 Å². The molecule has 1 aromatic carbocycles. The van der Waals surface area contributed by atoms with E-state index in [2.05, 4.69) is 20.3 Å². The molecule has 0 bridgehead atoms. The van der Waals surface area contributed by atoms with Crippen LogP contribution in [0, 0.1) is 12.8 Å². The van der Waals surface area contributed by atoms with Gasteiger partial charge in [-0.15, -0.1) is 0 Å². The number of aryl methyl sites for hydroxylation is 2. The zero-order valence-electron chi connectivity index (χ0n) is 33.3. The predicted molar refractivity (Wildman–Crippen MR) is 213 cm³/mol. The summed E-state index contributed by atoms with van der Waals surface area (Å²) in [4.78, 5) is 65.9. The molecule has 5 atom stereocenters. The number of sulfonamides is 1. The van der Waals surface area contributed by atoms with E-state index < -0.39 is 67.7 Å². The maximum absolute atomic E-state index is 14.9. The van der Waals surface area contributed by atoms with Crippen molar-refractivity contribution in [2.24, 2.45) is 5.92 Å². The van der Waals surface area contributed by atoms with E-state index in [0.717, 1.165) is 42.4 Å². The first-order chi connectivity index (χ1) is 27.2. The second-order valence-corrected chi connectivity index (χ2v) is 19.9. The third-order valence-electron chi connectivity index (χ3n) is 13.6. The fourth-order valence-electron chi connectivity index (χ4n) is 9.45. The highest BCUT2D eigenvalue weighted by Gasteiger charge is 2.59. The second-order valence-electron chi connectivity index (χ2n) is 17.7. The molecule has 57 heavy (non-hydrogen) atoms. The molecule has 14 nitrogen and oxygen atoms in total. The van der Waals surface area contributed by atoms with Crippen molar-refractivity contribution in [1.29, 1.82) is 0 Å². The number of benzene rings is 1. The highest BCUT2D eigenvalue weighted by molar-refractivity contribution is 7.91. The van der Waals surface area contributed by atoms with Gasteiger partial charge in [0.05, 0.1) is 22.5 Å². The number of alkyl carbamates (subject to hydrolysis) is 1. The van der Waals surface area contributed by atoms with Crippen molar-refractivity contribution in [2.75, 3.05) is 26.7 Å². The van der Waals surface area contributed by atoms with E-state index in [-0.39, 0.29) is 25.5 Å². The average molecular weight is 805 g/mol. The van der Waals surface area contributed by atoms with Crippen molar-refractivity contribution in [3.63, 3.8) is 0 Å². The number of piperidine rings is 1. The molecule has 2 saturated carbocycles. The molecule has 1 aromatic heterocycles. The lowest BCUT2D eigenvalue weighted by atomic mass is 9.65. The summed E-state index contributed by atoms with van der Waals surface area (Å²) in [5.41, 5.74) is 0.136. The van der Waals surface area contributed by atoms with E-state index in [1.54, 1.807) is 6.92 Å². The molecule has 4 fully saturated rings. The molecule has 1 spiro atoms. The summed E-state index contributed by atoms with van der Waals surface area (Å²) in [6, 6.07) is 5.88. The Balaban J connectivity index is 1.12. The third-order valence-corrected chi connectivity index (χ3v) is 15.7. The minimum atomic E-state index is -4.00. The molecule has 4 aliphatic heterocycles. The van der Waals surface area contributed by atoms with E-state index in [1.165, 1.54) is 4.90 Å². The number of allylic oxidation sites excluding steroid dienone is 1. The number of likely N-dealkylation sites (tertiary alicyclic amines) is 1. The topological polar surface area (TPSA) is 176 Å². The number of fused-ring (bicyclic) bond motifs is 5. The molecular formula is C42H56N6O8S. The second kappa shape index (κ2) is 15.2. The number of rotatable bonds is 5. The number of amides is 4. The summed E-state index contributed by atoms with van der Waals surface area (Å²) >= 11 is 0. The number of carbonyl (C=O) groups excluding carboxylic acids is 4. The van der Waals surface area contributed by atoms with E-state index in [4.69, 9.17) is 14.5 Å². The lowest BCUT2D eigenvalue weighted by Gasteiger charge is -2.48. The fourth-order valence-corrected chi connectivity index (χ4v) is 10.8. The number of para-hydroxylation sites is 1. The van der Waals surface area contributed by atoms with Crippen LogP contribution in [0.25, 0.3) is 10.9 Å². The third kappa shape index (κ3) is 7.61. The van der Waals surface area contributed by atoms with Gasteiger partial charge in [0, 0.05) is 36.4 Å². The van der Waals surface area contributed by atoms with E-state index in [9.17, 15) is 27.6 Å². The van der Waals surface area contributed by atoms with Gasteiger partial charge in [-0.2, -0.15) is 0 Å². The molecule has 2 aliphatic carbocycles. The summed E-state index contributed by atoms with van der Waals surface area (Å²) in [6.45, 7) is 5.20. The lowest BCUT2D eigenvalue weighted by molar-refractivity contribution is -0.144. The van der Waals surface area contributed by atoms with Crippen LogP contribution in [0.3, 0.4) is 0 Å². The highest BCUT2D eigenvalue weighted by atomic mass is 32.2. The molecule has 15 heteroatoms. The van der Waals surface area contributed by atoms with E-state index >= 15 is 0 Å². The molecule has 5 unspecified atom stereocenters. The summed E-state index contributed by atoms with van der Waals surface area (Å²) in [7, 11) is -1.97. The Kier molecular flexibility index (Phi) is 10.5. The Hall–Kier alpha value is -4.24. The standard InChI is InChI=1S/C42H56N6O8S/c1-27-35-31(30-12-9-10-13-32(30)43-27)16-19-41(56-35)25-34-36(49)45-42(38(51)46-57(53,54)40(2)21-22-40)20-15-28(42)11-7-5-4-6-8-14-33(37(50)48(34)26-41)44-39(52)55-29-17-23-47(3)24-18-29/h7,9-13,28-29,33-34H,4-6,8,14-26H2,1-3H3,(H,44,52)(H,45,49)(H,46,51). The molecule has 2 aromatic rings. The Morgan fingerprint density at radius 2 is 1.79 bits per heavy atom. The van der Waals surface area contributed by atoms with Crippen molar-refractivity contribution in [1.82, 2.24) is 30.1 Å². The lowest BCUT2D eigenvalue weighted by Crippen LogP contribution is -2.70. The van der Waals surface area contributed by atoms with Gasteiger partial charge >= 0.3 is 6.09 Å². The Morgan fingerprint density at radius 1 is 1.02 bits per heavy atom. The number of ether oxygens (including phenoxy) is 2. The maximum atomic E-state index is 14.9. The Morgan fingerprint density at radius 3 is 2.53 bits per heavy atom. The number of aromatic nitrogens is 1. The minimum absolute atomic E-state index is 0.0765. The van der Waals surface area contributed by atoms with Gasteiger partial charge in [-0.25, -0.2) is 18.2 Å². The summed E-state index contributed by atoms with van der Waals surface area (Å²) in [5, 5.41) is 6.91. The van der Waals surface area contributed by atoms with Crippen molar-refractivity contribution < 1.29 is 37.1 Å². The van der Waals surface area contributed by atoms with Crippen LogP contribution in [-0.2, 0) is 35.6 Å². The van der Waals surface area contributed by atoms with E-state index in [0.29, 0.717) is 75.7 Å². The van der Waals surface area contributed by atoms with Gasteiger partial charge in [-0.3, -0.25) is 19.1 Å². The van der Waals surface area contributed by atoms with Crippen molar-refractivity contribution >= 4 is 44.7 Å². The predicted octanol–water partition coefficient (Wildman–Crippen LogP) is 4.18. The Labute approximate surface area is 334 Å². The quantitative estimate of drug-likeness (QED) is 0.372. The molecular weight excluding hydrogens is 749 g/mol. The molecule has 8 rings (SSSR count). The first-order valence-electron chi connectivity index (χ1n) is 20.8. The summed E-state index contributed by atoms with van der Waals surface area (Å²) < 4.78 is 40.7. The minimum Gasteiger partial charge on any atom is -0.483 e. The monoisotopic (exact) mass is 804 g/mol. The van der Waals surface area contributed by atoms with Crippen LogP contribution >= 0.6 is 0 Å². The molecule has 2 saturated heterocycles. The van der Waals surface area contributed by atoms with Crippen molar-refractivity contribution in [2.45, 2.75) is 138 Å². The van der Waals surface area contributed by atoms with Crippen LogP contribution in [-0.4, -0.2) is 108 Å². The first-order valence-corrected chi connectivity index (χ1v) is 22.3. The Bertz CT molecular complexity index is 2080. The van der Waals surface area contributed by atoms with Crippen LogP contribution in [0.5, 0.6) is 5.75 Å². The SMILES string of the molecule is Cc1nc2ccccc2c2c1OC1(CC2)CC2C(=O)NC3(C(=O)NS(=O)(=O)C4(C)CC4)CCC3C=CCCCCCC(NC(=O)OC3CCN(C)CC3)C(=O)N2C1. The molecule has 0 radical (unpaired) electrons. The van der Waals surface area contributed by atoms with Crippen LogP contribution in [0.2, 0.25) is 0 Å². The largest absolute Gasteiger partial charge is 0.483 e. The summed E-state index contributed by atoms with van der Waals surface area (Å²) in [6.07, 6.45) is 10.8. The summed E-state index contributed by atoms with van der Waals surface area (Å²) in [5.74, 6) is -1.53. The number of pyridine rings is 1. The van der Waals surface area contributed by atoms with Gasteiger partial charge in [0.15, 0.2) is 0 Å². The van der Waals surface area contributed by atoms with Gasteiger partial charge < -0.3 is 29.9 Å².